The van der Waals surface area contributed by atoms with Gasteiger partial charge in [0.25, 0.3) is 11.7 Å². The van der Waals surface area contributed by atoms with Crippen molar-refractivity contribution in [3.05, 3.63) is 47.5 Å². The van der Waals surface area contributed by atoms with Crippen LogP contribution in [0.4, 0.5) is 5.69 Å². The number of hydrogen-bond acceptors (Lipinski definition) is 7. The average Bonchev–Trinajstić information content (AvgIpc) is 3.00. The number of hydrogen-bond donors (Lipinski definition) is 0. The molecule has 152 valence electrons. The van der Waals surface area contributed by atoms with Crippen molar-refractivity contribution in [1.29, 1.82) is 0 Å². The molecule has 3 rings (SSSR count). The summed E-state index contributed by atoms with van der Waals surface area (Å²) in [5, 5.41) is 0. The molecule has 1 amide bonds. The van der Waals surface area contributed by atoms with Crippen molar-refractivity contribution in [2.45, 2.75) is 19.6 Å². The minimum Gasteiger partial charge on any atom is -0.493 e. The third-order valence-electron chi connectivity index (χ3n) is 4.66. The summed E-state index contributed by atoms with van der Waals surface area (Å²) in [4.78, 5) is 39.0. The Labute approximate surface area is 167 Å². The molecule has 29 heavy (non-hydrogen) atoms. The fraction of sp³-hybridized carbons (Fsp3) is 0.286. The second-order valence-electron chi connectivity index (χ2n) is 6.31. The molecule has 0 fully saturated rings. The van der Waals surface area contributed by atoms with Gasteiger partial charge in [-0.1, -0.05) is 30.3 Å². The maximum atomic E-state index is 12.7. The van der Waals surface area contributed by atoms with E-state index in [0.29, 0.717) is 0 Å². The van der Waals surface area contributed by atoms with E-state index in [0.717, 1.165) is 10.5 Å². The molecule has 0 bridgehead atoms. The number of ketones is 1. The van der Waals surface area contributed by atoms with Gasteiger partial charge in [0.1, 0.15) is 12.6 Å². The zero-order chi connectivity index (χ0) is 21.1. The first-order chi connectivity index (χ1) is 13.9. The Bertz CT molecular complexity index is 955. The van der Waals surface area contributed by atoms with E-state index in [1.807, 2.05) is 30.3 Å². The van der Waals surface area contributed by atoms with Crippen LogP contribution in [-0.2, 0) is 20.9 Å². The van der Waals surface area contributed by atoms with Gasteiger partial charge in [0.2, 0.25) is 5.75 Å². The quantitative estimate of drug-likeness (QED) is 0.521. The molecule has 0 saturated carbocycles. The summed E-state index contributed by atoms with van der Waals surface area (Å²) in [5.41, 5.74) is 1.04. The fourth-order valence-corrected chi connectivity index (χ4v) is 3.22. The van der Waals surface area contributed by atoms with Crippen molar-refractivity contribution < 1.29 is 33.3 Å². The van der Waals surface area contributed by atoms with Crippen molar-refractivity contribution in [3.8, 4) is 17.2 Å². The number of carbonyl (C=O) groups excluding carboxylic acids is 3. The summed E-state index contributed by atoms with van der Waals surface area (Å²) in [5.74, 6) is -1.75. The molecule has 2 aromatic rings. The topological polar surface area (TPSA) is 91.4 Å². The fourth-order valence-electron chi connectivity index (χ4n) is 3.22. The van der Waals surface area contributed by atoms with Gasteiger partial charge in [0.15, 0.2) is 11.5 Å². The van der Waals surface area contributed by atoms with Crippen molar-refractivity contribution in [3.63, 3.8) is 0 Å². The monoisotopic (exact) mass is 399 g/mol. The predicted octanol–water partition coefficient (Wildman–Crippen LogP) is 2.37. The zero-order valence-corrected chi connectivity index (χ0v) is 16.6. The van der Waals surface area contributed by atoms with Gasteiger partial charge in [0, 0.05) is 6.07 Å². The molecule has 1 heterocycles. The Morgan fingerprint density at radius 3 is 2.24 bits per heavy atom. The molecule has 0 aromatic heterocycles. The number of amides is 1. The van der Waals surface area contributed by atoms with Gasteiger partial charge in [-0.05, 0) is 12.5 Å². The summed E-state index contributed by atoms with van der Waals surface area (Å²) < 4.78 is 21.2. The van der Waals surface area contributed by atoms with Crippen LogP contribution in [0.5, 0.6) is 17.2 Å². The van der Waals surface area contributed by atoms with E-state index in [-0.39, 0.29) is 35.1 Å². The summed E-state index contributed by atoms with van der Waals surface area (Å²) in [7, 11) is 4.18. The van der Waals surface area contributed by atoms with Crippen LogP contribution in [0.2, 0.25) is 0 Å². The Morgan fingerprint density at radius 1 is 1.00 bits per heavy atom. The van der Waals surface area contributed by atoms with Crippen LogP contribution < -0.4 is 19.1 Å². The van der Waals surface area contributed by atoms with Crippen molar-refractivity contribution in [2.75, 3.05) is 26.2 Å². The van der Waals surface area contributed by atoms with Crippen LogP contribution >= 0.6 is 0 Å². The van der Waals surface area contributed by atoms with E-state index in [4.69, 9.17) is 18.9 Å². The van der Waals surface area contributed by atoms with E-state index < -0.39 is 23.7 Å². The molecular weight excluding hydrogens is 378 g/mol. The average molecular weight is 399 g/mol. The molecule has 8 heteroatoms. The van der Waals surface area contributed by atoms with Crippen LogP contribution in [0.1, 0.15) is 22.8 Å². The lowest BCUT2D eigenvalue weighted by Gasteiger charge is -2.24. The van der Waals surface area contributed by atoms with E-state index in [1.54, 1.807) is 0 Å². The Balaban J connectivity index is 1.94. The molecule has 0 aliphatic carbocycles. The second-order valence-corrected chi connectivity index (χ2v) is 6.31. The van der Waals surface area contributed by atoms with Gasteiger partial charge in [-0.2, -0.15) is 0 Å². The largest absolute Gasteiger partial charge is 0.493 e. The Kier molecular flexibility index (Phi) is 5.72. The molecule has 0 spiro atoms. The zero-order valence-electron chi connectivity index (χ0n) is 16.6. The van der Waals surface area contributed by atoms with E-state index in [9.17, 15) is 14.4 Å². The highest BCUT2D eigenvalue weighted by molar-refractivity contribution is 6.53. The highest BCUT2D eigenvalue weighted by atomic mass is 16.5. The number of carbonyl (C=O) groups is 3. The molecule has 1 aliphatic heterocycles. The van der Waals surface area contributed by atoms with Crippen molar-refractivity contribution >= 4 is 23.3 Å². The molecule has 0 N–H and O–H groups in total. The van der Waals surface area contributed by atoms with Gasteiger partial charge >= 0.3 is 5.97 Å². The number of rotatable bonds is 7. The van der Waals surface area contributed by atoms with E-state index >= 15 is 0 Å². The summed E-state index contributed by atoms with van der Waals surface area (Å²) in [6.45, 7) is 1.55. The number of esters is 1. The standard InChI is InChI=1S/C21H21NO7/c1-12(21(25)29-11-13-8-6-5-7-9-13)22-14-10-15(26-2)18(27-3)19(28-4)16(14)17(23)20(22)24/h5-10,12H,11H2,1-4H3. The normalized spacial score (nSPS) is 13.7. The number of anilines is 1. The first-order valence-electron chi connectivity index (χ1n) is 8.86. The first kappa shape index (κ1) is 20.2. The van der Waals surface area contributed by atoms with Gasteiger partial charge in [-0.25, -0.2) is 4.79 Å². The lowest BCUT2D eigenvalue weighted by Crippen LogP contribution is -2.43. The molecule has 0 saturated heterocycles. The lowest BCUT2D eigenvalue weighted by atomic mass is 10.1. The molecule has 1 atom stereocenters. The molecular formula is C21H21NO7. The SMILES string of the molecule is COc1cc2c(c(OC)c1OC)C(=O)C(=O)N2C(C)C(=O)OCc1ccccc1. The number of nitrogens with zero attached hydrogens (tertiary/aromatic N) is 1. The van der Waals surface area contributed by atoms with Gasteiger partial charge in [0.05, 0.1) is 32.6 Å². The van der Waals surface area contributed by atoms with E-state index in [1.165, 1.54) is 34.3 Å². The maximum absolute atomic E-state index is 12.7. The number of fused-ring (bicyclic) bond motifs is 1. The van der Waals surface area contributed by atoms with Crippen LogP contribution in [0.25, 0.3) is 0 Å². The smallest absolute Gasteiger partial charge is 0.329 e. The van der Waals surface area contributed by atoms with E-state index in [2.05, 4.69) is 0 Å². The molecule has 1 unspecified atom stereocenters. The molecule has 1 aliphatic rings. The van der Waals surface area contributed by atoms with Crippen molar-refractivity contribution in [2.24, 2.45) is 0 Å². The third kappa shape index (κ3) is 3.49. The third-order valence-corrected chi connectivity index (χ3v) is 4.66. The van der Waals surface area contributed by atoms with Gasteiger partial charge in [-0.3, -0.25) is 14.5 Å². The van der Waals surface area contributed by atoms with Gasteiger partial charge < -0.3 is 18.9 Å². The van der Waals surface area contributed by atoms with Crippen LogP contribution in [-0.4, -0.2) is 45.0 Å². The number of methoxy groups -OCH3 is 3. The molecule has 0 radical (unpaired) electrons. The minimum atomic E-state index is -1.03. The molecule has 2 aromatic carbocycles. The number of benzene rings is 2. The summed E-state index contributed by atoms with van der Waals surface area (Å²) >= 11 is 0. The number of Topliss-reactive ketones (excluding diaryl/α,β-unsaturated/α-hetero) is 1. The van der Waals surface area contributed by atoms with Crippen LogP contribution in [0.15, 0.2) is 36.4 Å². The Morgan fingerprint density at radius 2 is 1.66 bits per heavy atom. The molecule has 8 nitrogen and oxygen atoms in total. The predicted molar refractivity (Wildman–Crippen MR) is 104 cm³/mol. The van der Waals surface area contributed by atoms with Crippen LogP contribution in [0, 0.1) is 0 Å². The van der Waals surface area contributed by atoms with Crippen molar-refractivity contribution in [1.82, 2.24) is 0 Å². The highest BCUT2D eigenvalue weighted by Crippen LogP contribution is 2.48. The maximum Gasteiger partial charge on any atom is 0.329 e. The summed E-state index contributed by atoms with van der Waals surface area (Å²) in [6, 6.07) is 9.60. The van der Waals surface area contributed by atoms with Crippen LogP contribution in [0.3, 0.4) is 0 Å². The Hall–Kier alpha value is -3.55. The van der Waals surface area contributed by atoms with Gasteiger partial charge in [-0.15, -0.1) is 0 Å². The summed E-state index contributed by atoms with van der Waals surface area (Å²) in [6.07, 6.45) is 0. The highest BCUT2D eigenvalue weighted by Gasteiger charge is 2.45. The minimum absolute atomic E-state index is 0.0258. The first-order valence-corrected chi connectivity index (χ1v) is 8.86. The lowest BCUT2D eigenvalue weighted by molar-refractivity contribution is -0.146. The second kappa shape index (κ2) is 8.22. The number of ether oxygens (including phenoxy) is 4.